The topological polar surface area (TPSA) is 55.6 Å². The van der Waals surface area contributed by atoms with E-state index in [1.165, 1.54) is 24.8 Å². The van der Waals surface area contributed by atoms with Crippen LogP contribution in [-0.2, 0) is 9.53 Å². The third kappa shape index (κ3) is 3.75. The van der Waals surface area contributed by atoms with E-state index in [4.69, 9.17) is 10.5 Å². The molecule has 1 unspecified atom stereocenters. The van der Waals surface area contributed by atoms with Crippen molar-refractivity contribution in [1.82, 2.24) is 4.90 Å². The molecule has 126 valence electrons. The van der Waals surface area contributed by atoms with Crippen LogP contribution in [0.15, 0.2) is 30.3 Å². The van der Waals surface area contributed by atoms with Crippen LogP contribution in [0.5, 0.6) is 0 Å². The van der Waals surface area contributed by atoms with Crippen LogP contribution in [0.2, 0.25) is 0 Å². The highest BCUT2D eigenvalue weighted by Crippen LogP contribution is 2.32. The van der Waals surface area contributed by atoms with Crippen LogP contribution in [0.1, 0.15) is 50.6 Å². The van der Waals surface area contributed by atoms with Gasteiger partial charge in [-0.25, -0.2) is 0 Å². The van der Waals surface area contributed by atoms with Gasteiger partial charge in [-0.05, 0) is 44.1 Å². The molecule has 4 heteroatoms. The Morgan fingerprint density at radius 3 is 2.57 bits per heavy atom. The number of hydrogen-bond donors (Lipinski definition) is 1. The van der Waals surface area contributed by atoms with E-state index >= 15 is 0 Å². The molecule has 1 aromatic rings. The van der Waals surface area contributed by atoms with Gasteiger partial charge in [-0.15, -0.1) is 0 Å². The SMILES string of the molecule is CC(c1ccccc1)N(CC1CCC1)C(=O)[C@@H]1CC[C@H](CN)O1. The molecular formula is C19H28N2O2. The van der Waals surface area contributed by atoms with Crippen LogP contribution in [-0.4, -0.2) is 36.1 Å². The van der Waals surface area contributed by atoms with Crippen molar-refractivity contribution in [3.05, 3.63) is 35.9 Å². The fourth-order valence-electron chi connectivity index (χ4n) is 3.55. The Morgan fingerprint density at radius 2 is 2.00 bits per heavy atom. The number of carbonyl (C=O) groups excluding carboxylic acids is 1. The highest BCUT2D eigenvalue weighted by Gasteiger charge is 2.36. The maximum Gasteiger partial charge on any atom is 0.252 e. The lowest BCUT2D eigenvalue weighted by Crippen LogP contribution is -2.44. The number of amides is 1. The third-order valence-electron chi connectivity index (χ3n) is 5.36. The minimum atomic E-state index is -0.310. The minimum absolute atomic E-state index is 0.0431. The molecule has 23 heavy (non-hydrogen) atoms. The van der Waals surface area contributed by atoms with E-state index in [0.29, 0.717) is 12.5 Å². The van der Waals surface area contributed by atoms with Gasteiger partial charge in [-0.3, -0.25) is 4.79 Å². The number of carbonyl (C=O) groups is 1. The molecule has 1 saturated heterocycles. The van der Waals surface area contributed by atoms with E-state index in [0.717, 1.165) is 19.4 Å². The number of benzene rings is 1. The highest BCUT2D eigenvalue weighted by atomic mass is 16.5. The van der Waals surface area contributed by atoms with Gasteiger partial charge in [0.25, 0.3) is 5.91 Å². The Balaban J connectivity index is 1.73. The van der Waals surface area contributed by atoms with E-state index in [1.807, 2.05) is 23.1 Å². The summed E-state index contributed by atoms with van der Waals surface area (Å²) in [7, 11) is 0. The molecule has 0 bridgehead atoms. The second-order valence-corrected chi connectivity index (χ2v) is 6.93. The monoisotopic (exact) mass is 316 g/mol. The normalized spacial score (nSPS) is 25.8. The smallest absolute Gasteiger partial charge is 0.252 e. The van der Waals surface area contributed by atoms with Gasteiger partial charge in [0.1, 0.15) is 6.10 Å². The number of rotatable bonds is 6. The molecule has 1 amide bonds. The summed E-state index contributed by atoms with van der Waals surface area (Å²) in [4.78, 5) is 15.1. The first kappa shape index (κ1) is 16.5. The Bertz CT molecular complexity index is 515. The molecule has 1 aliphatic carbocycles. The number of nitrogens with two attached hydrogens (primary N) is 1. The molecule has 1 saturated carbocycles. The predicted molar refractivity (Wildman–Crippen MR) is 90.9 cm³/mol. The first-order valence-electron chi connectivity index (χ1n) is 8.90. The molecule has 4 nitrogen and oxygen atoms in total. The summed E-state index contributed by atoms with van der Waals surface area (Å²) in [5.74, 6) is 0.793. The van der Waals surface area contributed by atoms with E-state index in [9.17, 15) is 4.79 Å². The molecule has 3 rings (SSSR count). The Hall–Kier alpha value is -1.39. The average Bonchev–Trinajstić information content (AvgIpc) is 3.03. The first-order chi connectivity index (χ1) is 11.2. The van der Waals surface area contributed by atoms with Crippen LogP contribution in [0.25, 0.3) is 0 Å². The van der Waals surface area contributed by atoms with Crippen molar-refractivity contribution in [1.29, 1.82) is 0 Å². The van der Waals surface area contributed by atoms with Crippen LogP contribution in [0.4, 0.5) is 0 Å². The minimum Gasteiger partial charge on any atom is -0.364 e. The van der Waals surface area contributed by atoms with E-state index in [2.05, 4.69) is 19.1 Å². The van der Waals surface area contributed by atoms with Crippen molar-refractivity contribution >= 4 is 5.91 Å². The zero-order chi connectivity index (χ0) is 16.2. The van der Waals surface area contributed by atoms with Crippen molar-refractivity contribution in [2.24, 2.45) is 11.7 Å². The van der Waals surface area contributed by atoms with Gasteiger partial charge in [0, 0.05) is 13.1 Å². The van der Waals surface area contributed by atoms with Gasteiger partial charge in [0.15, 0.2) is 0 Å². The van der Waals surface area contributed by atoms with Crippen molar-refractivity contribution in [3.63, 3.8) is 0 Å². The number of hydrogen-bond acceptors (Lipinski definition) is 3. The Morgan fingerprint density at radius 1 is 1.26 bits per heavy atom. The molecule has 3 atom stereocenters. The summed E-state index contributed by atoms with van der Waals surface area (Å²) in [6, 6.07) is 10.4. The van der Waals surface area contributed by atoms with Gasteiger partial charge in [-0.2, -0.15) is 0 Å². The zero-order valence-corrected chi connectivity index (χ0v) is 14.0. The van der Waals surface area contributed by atoms with Gasteiger partial charge in [0.05, 0.1) is 12.1 Å². The maximum atomic E-state index is 13.1. The first-order valence-corrected chi connectivity index (χ1v) is 8.90. The van der Waals surface area contributed by atoms with E-state index < -0.39 is 0 Å². The average molecular weight is 316 g/mol. The highest BCUT2D eigenvalue weighted by molar-refractivity contribution is 5.81. The second-order valence-electron chi connectivity index (χ2n) is 6.93. The van der Waals surface area contributed by atoms with E-state index in [-0.39, 0.29) is 24.2 Å². The quantitative estimate of drug-likeness (QED) is 0.878. The standard InChI is InChI=1S/C19H28N2O2/c1-14(16-8-3-2-4-9-16)21(13-15-6-5-7-15)19(22)18-11-10-17(12-20)23-18/h2-4,8-9,14-15,17-18H,5-7,10-13,20H2,1H3/t14?,17-,18+/m1/s1. The van der Waals surface area contributed by atoms with Crippen LogP contribution >= 0.6 is 0 Å². The van der Waals surface area contributed by atoms with Crippen LogP contribution in [0.3, 0.4) is 0 Å². The summed E-state index contributed by atoms with van der Waals surface area (Å²) >= 11 is 0. The zero-order valence-electron chi connectivity index (χ0n) is 14.0. The summed E-state index contributed by atoms with van der Waals surface area (Å²) in [6.45, 7) is 3.48. The summed E-state index contributed by atoms with van der Waals surface area (Å²) in [5.41, 5.74) is 6.87. The molecule has 0 radical (unpaired) electrons. The summed E-state index contributed by atoms with van der Waals surface area (Å²) < 4.78 is 5.86. The van der Waals surface area contributed by atoms with Crippen molar-refractivity contribution in [2.45, 2.75) is 57.3 Å². The van der Waals surface area contributed by atoms with Crippen molar-refractivity contribution in [2.75, 3.05) is 13.1 Å². The van der Waals surface area contributed by atoms with Gasteiger partial charge >= 0.3 is 0 Å². The predicted octanol–water partition coefficient (Wildman–Crippen LogP) is 2.88. The van der Waals surface area contributed by atoms with Gasteiger partial charge in [-0.1, -0.05) is 36.8 Å². The molecule has 0 spiro atoms. The molecular weight excluding hydrogens is 288 g/mol. The number of nitrogens with zero attached hydrogens (tertiary/aromatic N) is 1. The molecule has 1 aromatic carbocycles. The molecule has 1 aliphatic heterocycles. The largest absolute Gasteiger partial charge is 0.364 e. The van der Waals surface area contributed by atoms with Crippen LogP contribution < -0.4 is 5.73 Å². The number of ether oxygens (including phenoxy) is 1. The molecule has 2 aliphatic rings. The molecule has 0 aromatic heterocycles. The summed E-state index contributed by atoms with van der Waals surface area (Å²) in [5, 5.41) is 0. The second kappa shape index (κ2) is 7.45. The lowest BCUT2D eigenvalue weighted by Gasteiger charge is -2.37. The van der Waals surface area contributed by atoms with Crippen molar-refractivity contribution < 1.29 is 9.53 Å². The Kier molecular flexibility index (Phi) is 5.34. The molecule has 1 heterocycles. The van der Waals surface area contributed by atoms with Gasteiger partial charge in [0.2, 0.25) is 0 Å². The Labute approximate surface area is 139 Å². The lowest BCUT2D eigenvalue weighted by atomic mass is 9.84. The fourth-order valence-corrected chi connectivity index (χ4v) is 3.55. The van der Waals surface area contributed by atoms with E-state index in [1.54, 1.807) is 0 Å². The lowest BCUT2D eigenvalue weighted by molar-refractivity contribution is -0.146. The molecule has 2 fully saturated rings. The van der Waals surface area contributed by atoms with Gasteiger partial charge < -0.3 is 15.4 Å². The van der Waals surface area contributed by atoms with Crippen LogP contribution in [0, 0.1) is 5.92 Å². The maximum absolute atomic E-state index is 13.1. The third-order valence-corrected chi connectivity index (χ3v) is 5.36. The fraction of sp³-hybridized carbons (Fsp3) is 0.632. The molecule has 2 N–H and O–H groups in total. The van der Waals surface area contributed by atoms with Crippen molar-refractivity contribution in [3.8, 4) is 0 Å². The summed E-state index contributed by atoms with van der Waals surface area (Å²) in [6.07, 6.45) is 5.19.